The molecule has 1 N–H and O–H groups in total. The first-order valence-corrected chi connectivity index (χ1v) is 15.0. The Morgan fingerprint density at radius 1 is 0.917 bits per heavy atom. The minimum Gasteiger partial charge on any atom is -0.388 e. The van der Waals surface area contributed by atoms with E-state index < -0.39 is 9.39 Å². The first-order chi connectivity index (χ1) is 17.1. The lowest BCUT2D eigenvalue weighted by molar-refractivity contribution is 0.133. The predicted octanol–water partition coefficient (Wildman–Crippen LogP) is 5.08. The van der Waals surface area contributed by atoms with Crippen molar-refractivity contribution >= 4 is 32.5 Å². The largest absolute Gasteiger partial charge is 0.388 e. The van der Waals surface area contributed by atoms with Crippen LogP contribution in [-0.4, -0.2) is 92.3 Å². The first kappa shape index (κ1) is 28.3. The van der Waals surface area contributed by atoms with Crippen LogP contribution in [0, 0.1) is 13.8 Å². The molecule has 0 bridgehead atoms. The van der Waals surface area contributed by atoms with Gasteiger partial charge in [-0.1, -0.05) is 42.6 Å². The SMILES string of the molecule is C=C(C)NCCN1CCN(CCCN(c2ccccc2C)c2cc(S(=C)(=C)N(C)C)ccc2C)CC1. The third-order valence-corrected chi connectivity index (χ3v) is 9.72. The summed E-state index contributed by atoms with van der Waals surface area (Å²) < 4.78 is 2.16. The summed E-state index contributed by atoms with van der Waals surface area (Å²) in [6.45, 7) is 19.1. The summed E-state index contributed by atoms with van der Waals surface area (Å²) in [5.74, 6) is 8.95. The van der Waals surface area contributed by atoms with Gasteiger partial charge < -0.3 is 15.1 Å². The van der Waals surface area contributed by atoms with Crippen molar-refractivity contribution in [1.29, 1.82) is 0 Å². The number of anilines is 2. The maximum Gasteiger partial charge on any atom is 0.0451 e. The molecular formula is C30H47N5S. The average molecular weight is 510 g/mol. The first-order valence-electron chi connectivity index (χ1n) is 13.0. The fraction of sp³-hybridized carbons (Fsp3) is 0.467. The molecule has 1 aliphatic heterocycles. The van der Waals surface area contributed by atoms with Gasteiger partial charge in [0.1, 0.15) is 0 Å². The Morgan fingerprint density at radius 3 is 2.14 bits per heavy atom. The molecule has 0 saturated carbocycles. The second-order valence-electron chi connectivity index (χ2n) is 10.3. The zero-order valence-corrected chi connectivity index (χ0v) is 24.0. The summed E-state index contributed by atoms with van der Waals surface area (Å²) in [7, 11) is 2.64. The topological polar surface area (TPSA) is 25.0 Å². The van der Waals surface area contributed by atoms with Crippen molar-refractivity contribution in [2.75, 3.05) is 71.4 Å². The Morgan fingerprint density at radius 2 is 1.53 bits per heavy atom. The fourth-order valence-electron chi connectivity index (χ4n) is 4.68. The Hall–Kier alpha value is -2.25. The standard InChI is InChI=1S/C30H47N5S/c1-25(2)31-16-19-34-22-20-33(21-23-34)17-11-18-35(29-13-10-9-12-26(29)3)30-24-28(15-14-27(30)4)36(7,8)32(5)6/h9-10,12-15,24,31H,1,7-8,11,16-23H2,2-6H3. The van der Waals surface area contributed by atoms with Crippen molar-refractivity contribution in [2.45, 2.75) is 32.1 Å². The highest BCUT2D eigenvalue weighted by Gasteiger charge is 2.19. The van der Waals surface area contributed by atoms with Crippen LogP contribution >= 0.6 is 9.39 Å². The van der Waals surface area contributed by atoms with Crippen LogP contribution in [0.15, 0.2) is 59.6 Å². The number of benzene rings is 2. The third kappa shape index (κ3) is 7.39. The number of hydrogen-bond donors (Lipinski definition) is 1. The summed E-state index contributed by atoms with van der Waals surface area (Å²) in [6, 6.07) is 15.5. The number of rotatable bonds is 12. The minimum atomic E-state index is -1.51. The molecule has 0 amide bonds. The number of nitrogens with one attached hydrogen (secondary N) is 1. The summed E-state index contributed by atoms with van der Waals surface area (Å²) in [5.41, 5.74) is 6.18. The molecular weight excluding hydrogens is 462 g/mol. The van der Waals surface area contributed by atoms with Gasteiger partial charge in [-0.3, -0.25) is 9.21 Å². The van der Waals surface area contributed by atoms with E-state index in [1.165, 1.54) is 27.4 Å². The van der Waals surface area contributed by atoms with Crippen molar-refractivity contribution in [1.82, 2.24) is 19.4 Å². The predicted molar refractivity (Wildman–Crippen MR) is 163 cm³/mol. The summed E-state index contributed by atoms with van der Waals surface area (Å²) in [5, 5.41) is 3.35. The minimum absolute atomic E-state index is 0.983. The molecule has 198 valence electrons. The molecule has 2 aromatic carbocycles. The van der Waals surface area contributed by atoms with E-state index in [4.69, 9.17) is 0 Å². The summed E-state index contributed by atoms with van der Waals surface area (Å²) in [4.78, 5) is 8.90. The smallest absolute Gasteiger partial charge is 0.0451 e. The van der Waals surface area contributed by atoms with E-state index in [1.807, 2.05) is 6.92 Å². The van der Waals surface area contributed by atoms with Crippen LogP contribution in [0.1, 0.15) is 24.5 Å². The van der Waals surface area contributed by atoms with Crippen molar-refractivity contribution in [3.63, 3.8) is 0 Å². The Balaban J connectivity index is 1.70. The van der Waals surface area contributed by atoms with Crippen LogP contribution in [0.5, 0.6) is 0 Å². The number of para-hydroxylation sites is 1. The molecule has 1 saturated heterocycles. The molecule has 0 unspecified atom stereocenters. The van der Waals surface area contributed by atoms with E-state index in [-0.39, 0.29) is 0 Å². The van der Waals surface area contributed by atoms with Crippen molar-refractivity contribution < 1.29 is 0 Å². The molecule has 1 fully saturated rings. The molecule has 6 heteroatoms. The highest BCUT2D eigenvalue weighted by Crippen LogP contribution is 2.39. The van der Waals surface area contributed by atoms with Crippen molar-refractivity contribution in [2.24, 2.45) is 0 Å². The Bertz CT molecular complexity index is 1110. The van der Waals surface area contributed by atoms with Crippen molar-refractivity contribution in [3.05, 3.63) is 65.9 Å². The van der Waals surface area contributed by atoms with Gasteiger partial charge in [0.05, 0.1) is 0 Å². The third-order valence-electron chi connectivity index (χ3n) is 7.19. The average Bonchev–Trinajstić information content (AvgIpc) is 2.83. The van der Waals surface area contributed by atoms with Gasteiger partial charge in [0.15, 0.2) is 0 Å². The van der Waals surface area contributed by atoms with Gasteiger partial charge >= 0.3 is 0 Å². The number of piperazine rings is 1. The normalized spacial score (nSPS) is 15.3. The molecule has 5 nitrogen and oxygen atoms in total. The van der Waals surface area contributed by atoms with Gasteiger partial charge in [0.25, 0.3) is 0 Å². The monoisotopic (exact) mass is 509 g/mol. The number of aryl methyl sites for hydroxylation is 2. The molecule has 1 heterocycles. The molecule has 0 spiro atoms. The van der Waals surface area contributed by atoms with E-state index in [0.29, 0.717) is 0 Å². The lowest BCUT2D eigenvalue weighted by Gasteiger charge is -2.35. The van der Waals surface area contributed by atoms with Gasteiger partial charge in [-0.05, 0) is 77.2 Å². The number of hydrogen-bond acceptors (Lipinski definition) is 5. The Kier molecular flexibility index (Phi) is 10.1. The molecule has 3 rings (SSSR count). The van der Waals surface area contributed by atoms with Crippen LogP contribution in [0.2, 0.25) is 0 Å². The van der Waals surface area contributed by atoms with Crippen LogP contribution < -0.4 is 10.2 Å². The lowest BCUT2D eigenvalue weighted by atomic mass is 10.1. The highest BCUT2D eigenvalue weighted by atomic mass is 32.2. The van der Waals surface area contributed by atoms with Gasteiger partial charge in [0, 0.05) is 67.8 Å². The zero-order chi connectivity index (χ0) is 26.3. The molecule has 1 aliphatic rings. The maximum absolute atomic E-state index is 4.48. The maximum atomic E-state index is 4.48. The van der Waals surface area contributed by atoms with Crippen LogP contribution in [0.3, 0.4) is 0 Å². The molecule has 0 aromatic heterocycles. The van der Waals surface area contributed by atoms with E-state index in [9.17, 15) is 0 Å². The van der Waals surface area contributed by atoms with Crippen LogP contribution in [-0.2, 0) is 0 Å². The van der Waals surface area contributed by atoms with Gasteiger partial charge in [-0.25, -0.2) is 0 Å². The lowest BCUT2D eigenvalue weighted by Crippen LogP contribution is -2.48. The van der Waals surface area contributed by atoms with E-state index >= 15 is 0 Å². The zero-order valence-electron chi connectivity index (χ0n) is 23.2. The number of nitrogens with zero attached hydrogens (tertiary/aromatic N) is 4. The highest BCUT2D eigenvalue weighted by molar-refractivity contribution is 8.25. The molecule has 0 atom stereocenters. The molecule has 2 aromatic rings. The van der Waals surface area contributed by atoms with E-state index in [0.717, 1.165) is 64.5 Å². The molecule has 0 radical (unpaired) electrons. The van der Waals surface area contributed by atoms with Crippen LogP contribution in [0.25, 0.3) is 0 Å². The quantitative estimate of drug-likeness (QED) is 0.403. The van der Waals surface area contributed by atoms with E-state index in [2.05, 4.69) is 113 Å². The second-order valence-corrected chi connectivity index (χ2v) is 13.2. The summed E-state index contributed by atoms with van der Waals surface area (Å²) >= 11 is 0. The molecule has 0 aliphatic carbocycles. The van der Waals surface area contributed by atoms with Gasteiger partial charge in [-0.2, -0.15) is 0 Å². The van der Waals surface area contributed by atoms with Crippen molar-refractivity contribution in [3.8, 4) is 0 Å². The fourth-order valence-corrected chi connectivity index (χ4v) is 5.75. The molecule has 36 heavy (non-hydrogen) atoms. The second kappa shape index (κ2) is 12.8. The number of allylic oxidation sites excluding steroid dienone is 1. The van der Waals surface area contributed by atoms with Gasteiger partial charge in [0.2, 0.25) is 0 Å². The van der Waals surface area contributed by atoms with Crippen LogP contribution in [0.4, 0.5) is 11.4 Å². The Labute approximate surface area is 221 Å². The van der Waals surface area contributed by atoms with Gasteiger partial charge in [-0.15, -0.1) is 9.39 Å². The van der Waals surface area contributed by atoms with E-state index in [1.54, 1.807) is 0 Å². The summed E-state index contributed by atoms with van der Waals surface area (Å²) in [6.07, 6.45) is 1.12.